The second kappa shape index (κ2) is 6.96. The first-order valence-corrected chi connectivity index (χ1v) is 6.87. The molecule has 20 heavy (non-hydrogen) atoms. The molecule has 0 bridgehead atoms. The summed E-state index contributed by atoms with van der Waals surface area (Å²) in [4.78, 5) is 12.2. The standard InChI is InChI=1S/C16H16ClNO2/c1-2-20-14-11-7-6-10-13(14)18-16(19)15(17)12-8-4-3-5-9-12/h3-11,15H,2H2,1H3,(H,18,19)/t15-/m0/s1. The molecule has 0 saturated carbocycles. The SMILES string of the molecule is CCOc1ccccc1NC(=O)[C@@H](Cl)c1ccccc1. The van der Waals surface area contributed by atoms with Gasteiger partial charge in [-0.05, 0) is 24.6 Å². The van der Waals surface area contributed by atoms with Crippen LogP contribution >= 0.6 is 11.6 Å². The van der Waals surface area contributed by atoms with E-state index in [-0.39, 0.29) is 5.91 Å². The van der Waals surface area contributed by atoms with E-state index in [0.717, 1.165) is 5.56 Å². The van der Waals surface area contributed by atoms with Gasteiger partial charge in [0.1, 0.15) is 11.1 Å². The van der Waals surface area contributed by atoms with Crippen molar-refractivity contribution >= 4 is 23.2 Å². The normalized spacial score (nSPS) is 11.7. The molecule has 1 N–H and O–H groups in total. The zero-order valence-corrected chi connectivity index (χ0v) is 11.9. The Bertz CT molecular complexity index is 572. The summed E-state index contributed by atoms with van der Waals surface area (Å²) >= 11 is 6.18. The van der Waals surface area contributed by atoms with Gasteiger partial charge in [-0.25, -0.2) is 0 Å². The smallest absolute Gasteiger partial charge is 0.247 e. The molecular formula is C16H16ClNO2. The molecule has 0 heterocycles. The second-order valence-corrected chi connectivity index (χ2v) is 4.63. The molecular weight excluding hydrogens is 274 g/mol. The van der Waals surface area contributed by atoms with Crippen molar-refractivity contribution in [2.45, 2.75) is 12.3 Å². The van der Waals surface area contributed by atoms with Gasteiger partial charge in [-0.15, -0.1) is 11.6 Å². The number of nitrogens with one attached hydrogen (secondary N) is 1. The molecule has 0 aliphatic heterocycles. The van der Waals surface area contributed by atoms with E-state index in [1.54, 1.807) is 6.07 Å². The highest BCUT2D eigenvalue weighted by atomic mass is 35.5. The van der Waals surface area contributed by atoms with Crippen molar-refractivity contribution in [3.05, 3.63) is 60.2 Å². The van der Waals surface area contributed by atoms with Gasteiger partial charge in [-0.1, -0.05) is 42.5 Å². The Morgan fingerprint density at radius 3 is 2.50 bits per heavy atom. The molecule has 2 aromatic carbocycles. The highest BCUT2D eigenvalue weighted by Gasteiger charge is 2.18. The number of anilines is 1. The molecule has 1 atom stereocenters. The molecule has 0 fully saturated rings. The fourth-order valence-corrected chi connectivity index (χ4v) is 2.02. The Balaban J connectivity index is 2.12. The maximum atomic E-state index is 12.2. The van der Waals surface area contributed by atoms with E-state index in [0.29, 0.717) is 18.0 Å². The summed E-state index contributed by atoms with van der Waals surface area (Å²) in [5.74, 6) is 0.366. The lowest BCUT2D eigenvalue weighted by Gasteiger charge is -2.14. The maximum Gasteiger partial charge on any atom is 0.247 e. The van der Waals surface area contributed by atoms with Gasteiger partial charge in [0.15, 0.2) is 0 Å². The summed E-state index contributed by atoms with van der Waals surface area (Å²) in [5, 5.41) is 2.07. The number of ether oxygens (including phenoxy) is 1. The minimum absolute atomic E-state index is 0.273. The molecule has 2 aromatic rings. The fraction of sp³-hybridized carbons (Fsp3) is 0.188. The largest absolute Gasteiger partial charge is 0.492 e. The predicted octanol–water partition coefficient (Wildman–Crippen LogP) is 4.00. The number of carbonyl (C=O) groups excluding carboxylic acids is 1. The number of carbonyl (C=O) groups is 1. The van der Waals surface area contributed by atoms with Crippen molar-refractivity contribution in [2.75, 3.05) is 11.9 Å². The minimum atomic E-state index is -0.731. The molecule has 0 saturated heterocycles. The van der Waals surface area contributed by atoms with E-state index in [1.807, 2.05) is 55.5 Å². The lowest BCUT2D eigenvalue weighted by molar-refractivity contribution is -0.116. The molecule has 0 spiro atoms. The average molecular weight is 290 g/mol. The second-order valence-electron chi connectivity index (χ2n) is 4.19. The van der Waals surface area contributed by atoms with Crippen LogP contribution in [0.25, 0.3) is 0 Å². The zero-order chi connectivity index (χ0) is 14.4. The topological polar surface area (TPSA) is 38.3 Å². The third-order valence-electron chi connectivity index (χ3n) is 2.77. The van der Waals surface area contributed by atoms with Gasteiger partial charge in [0.25, 0.3) is 0 Å². The molecule has 0 aliphatic rings. The van der Waals surface area contributed by atoms with Crippen LogP contribution in [0.1, 0.15) is 17.9 Å². The molecule has 104 valence electrons. The number of hydrogen-bond acceptors (Lipinski definition) is 2. The van der Waals surface area contributed by atoms with Gasteiger partial charge < -0.3 is 10.1 Å². The summed E-state index contributed by atoms with van der Waals surface area (Å²) in [6.07, 6.45) is 0. The van der Waals surface area contributed by atoms with Gasteiger partial charge >= 0.3 is 0 Å². The number of benzene rings is 2. The number of rotatable bonds is 5. The summed E-state index contributed by atoms with van der Waals surface area (Å²) in [6, 6.07) is 16.5. The molecule has 0 unspecified atom stereocenters. The Morgan fingerprint density at radius 2 is 1.80 bits per heavy atom. The van der Waals surface area contributed by atoms with E-state index in [2.05, 4.69) is 5.32 Å². The van der Waals surface area contributed by atoms with E-state index in [9.17, 15) is 4.79 Å². The van der Waals surface area contributed by atoms with Crippen LogP contribution in [-0.4, -0.2) is 12.5 Å². The minimum Gasteiger partial charge on any atom is -0.492 e. The van der Waals surface area contributed by atoms with Crippen LogP contribution < -0.4 is 10.1 Å². The van der Waals surface area contributed by atoms with E-state index in [4.69, 9.17) is 16.3 Å². The van der Waals surface area contributed by atoms with Crippen LogP contribution in [0.4, 0.5) is 5.69 Å². The third-order valence-corrected chi connectivity index (χ3v) is 3.22. The number of hydrogen-bond donors (Lipinski definition) is 1. The first kappa shape index (κ1) is 14.4. The number of halogens is 1. The summed E-state index contributed by atoms with van der Waals surface area (Å²) in [7, 11) is 0. The Labute approximate surface area is 123 Å². The molecule has 3 nitrogen and oxygen atoms in total. The van der Waals surface area contributed by atoms with Crippen molar-refractivity contribution in [3.8, 4) is 5.75 Å². The van der Waals surface area contributed by atoms with Crippen LogP contribution in [0.3, 0.4) is 0 Å². The monoisotopic (exact) mass is 289 g/mol. The van der Waals surface area contributed by atoms with Crippen LogP contribution in [0.5, 0.6) is 5.75 Å². The van der Waals surface area contributed by atoms with Crippen LogP contribution in [0, 0.1) is 0 Å². The number of para-hydroxylation sites is 2. The van der Waals surface area contributed by atoms with Crippen LogP contribution in [-0.2, 0) is 4.79 Å². The highest BCUT2D eigenvalue weighted by Crippen LogP contribution is 2.27. The zero-order valence-electron chi connectivity index (χ0n) is 11.2. The molecule has 0 aliphatic carbocycles. The summed E-state index contributed by atoms with van der Waals surface area (Å²) in [6.45, 7) is 2.43. The van der Waals surface area contributed by atoms with E-state index >= 15 is 0 Å². The Kier molecular flexibility index (Phi) is 5.02. The molecule has 0 aromatic heterocycles. The molecule has 4 heteroatoms. The first-order valence-electron chi connectivity index (χ1n) is 6.44. The molecule has 1 amide bonds. The van der Waals surface area contributed by atoms with Gasteiger partial charge in [0.05, 0.1) is 12.3 Å². The Hall–Kier alpha value is -2.00. The van der Waals surface area contributed by atoms with Gasteiger partial charge in [0.2, 0.25) is 5.91 Å². The van der Waals surface area contributed by atoms with E-state index < -0.39 is 5.38 Å². The lowest BCUT2D eigenvalue weighted by atomic mass is 10.1. The molecule has 2 rings (SSSR count). The number of amides is 1. The predicted molar refractivity (Wildman–Crippen MR) is 81.3 cm³/mol. The quantitative estimate of drug-likeness (QED) is 0.845. The van der Waals surface area contributed by atoms with Gasteiger partial charge in [-0.2, -0.15) is 0 Å². The van der Waals surface area contributed by atoms with Crippen molar-refractivity contribution in [3.63, 3.8) is 0 Å². The average Bonchev–Trinajstić information content (AvgIpc) is 2.49. The molecule has 0 radical (unpaired) electrons. The first-order chi connectivity index (χ1) is 9.72. The van der Waals surface area contributed by atoms with Gasteiger partial charge in [0, 0.05) is 0 Å². The fourth-order valence-electron chi connectivity index (χ4n) is 1.82. The Morgan fingerprint density at radius 1 is 1.15 bits per heavy atom. The van der Waals surface area contributed by atoms with Crippen LogP contribution in [0.15, 0.2) is 54.6 Å². The summed E-state index contributed by atoms with van der Waals surface area (Å²) < 4.78 is 5.47. The highest BCUT2D eigenvalue weighted by molar-refractivity contribution is 6.32. The van der Waals surface area contributed by atoms with Crippen molar-refractivity contribution in [1.82, 2.24) is 0 Å². The maximum absolute atomic E-state index is 12.2. The van der Waals surface area contributed by atoms with Crippen LogP contribution in [0.2, 0.25) is 0 Å². The third kappa shape index (κ3) is 3.52. The van der Waals surface area contributed by atoms with Crippen molar-refractivity contribution in [2.24, 2.45) is 0 Å². The van der Waals surface area contributed by atoms with E-state index in [1.165, 1.54) is 0 Å². The van der Waals surface area contributed by atoms with Crippen molar-refractivity contribution < 1.29 is 9.53 Å². The lowest BCUT2D eigenvalue weighted by Crippen LogP contribution is -2.17. The van der Waals surface area contributed by atoms with Crippen molar-refractivity contribution in [1.29, 1.82) is 0 Å². The number of alkyl halides is 1. The summed E-state index contributed by atoms with van der Waals surface area (Å²) in [5.41, 5.74) is 1.39. The van der Waals surface area contributed by atoms with Gasteiger partial charge in [-0.3, -0.25) is 4.79 Å².